The van der Waals surface area contributed by atoms with E-state index < -0.39 is 0 Å². The van der Waals surface area contributed by atoms with Gasteiger partial charge in [0.25, 0.3) is 0 Å². The SMILES string of the molecule is Cc1cnn(-c2ccc(CNC(C)C)c(C)c2)c1. The summed E-state index contributed by atoms with van der Waals surface area (Å²) in [5.41, 5.74) is 4.94. The van der Waals surface area contributed by atoms with Crippen LogP contribution in [0.2, 0.25) is 0 Å². The molecule has 18 heavy (non-hydrogen) atoms. The molecule has 0 atom stereocenters. The van der Waals surface area contributed by atoms with Crippen molar-refractivity contribution >= 4 is 0 Å². The van der Waals surface area contributed by atoms with Crippen molar-refractivity contribution in [3.8, 4) is 5.69 Å². The minimum atomic E-state index is 0.512. The summed E-state index contributed by atoms with van der Waals surface area (Å²) in [5, 5.41) is 7.78. The standard InChI is InChI=1S/C15H21N3/c1-11(2)16-9-14-5-6-15(7-13(14)4)18-10-12(3)8-17-18/h5-8,10-11,16H,9H2,1-4H3. The van der Waals surface area contributed by atoms with Gasteiger partial charge in [-0.25, -0.2) is 4.68 Å². The molecule has 0 unspecified atom stereocenters. The Bertz CT molecular complexity index is 526. The molecular weight excluding hydrogens is 222 g/mol. The lowest BCUT2D eigenvalue weighted by molar-refractivity contribution is 0.587. The first-order valence-corrected chi connectivity index (χ1v) is 6.41. The molecule has 1 aromatic heterocycles. The molecule has 0 bridgehead atoms. The van der Waals surface area contributed by atoms with E-state index >= 15 is 0 Å². The Balaban J connectivity index is 2.19. The maximum atomic E-state index is 4.33. The van der Waals surface area contributed by atoms with E-state index in [0.29, 0.717) is 6.04 Å². The van der Waals surface area contributed by atoms with E-state index in [2.05, 4.69) is 56.3 Å². The van der Waals surface area contributed by atoms with Crippen LogP contribution in [0, 0.1) is 13.8 Å². The zero-order chi connectivity index (χ0) is 13.1. The maximum Gasteiger partial charge on any atom is 0.0648 e. The van der Waals surface area contributed by atoms with E-state index in [0.717, 1.165) is 12.2 Å². The first kappa shape index (κ1) is 12.8. The van der Waals surface area contributed by atoms with Gasteiger partial charge in [0.15, 0.2) is 0 Å². The number of rotatable bonds is 4. The zero-order valence-corrected chi connectivity index (χ0v) is 11.6. The summed E-state index contributed by atoms with van der Waals surface area (Å²) < 4.78 is 1.92. The van der Waals surface area contributed by atoms with Gasteiger partial charge in [0.1, 0.15) is 0 Å². The number of benzene rings is 1. The van der Waals surface area contributed by atoms with Crippen molar-refractivity contribution in [1.82, 2.24) is 15.1 Å². The van der Waals surface area contributed by atoms with Crippen molar-refractivity contribution in [2.75, 3.05) is 0 Å². The first-order chi connectivity index (χ1) is 8.56. The lowest BCUT2D eigenvalue weighted by atomic mass is 10.1. The molecule has 2 aromatic rings. The smallest absolute Gasteiger partial charge is 0.0648 e. The lowest BCUT2D eigenvalue weighted by Crippen LogP contribution is -2.22. The highest BCUT2D eigenvalue weighted by atomic mass is 15.3. The van der Waals surface area contributed by atoms with E-state index in [1.165, 1.54) is 16.7 Å². The molecule has 0 radical (unpaired) electrons. The van der Waals surface area contributed by atoms with Crippen molar-refractivity contribution in [1.29, 1.82) is 0 Å². The van der Waals surface area contributed by atoms with Crippen LogP contribution >= 0.6 is 0 Å². The minimum Gasteiger partial charge on any atom is -0.310 e. The molecule has 0 aliphatic rings. The second kappa shape index (κ2) is 5.36. The van der Waals surface area contributed by atoms with Crippen LogP contribution in [0.3, 0.4) is 0 Å². The Hall–Kier alpha value is -1.61. The third kappa shape index (κ3) is 2.99. The number of hydrogen-bond acceptors (Lipinski definition) is 2. The summed E-state index contributed by atoms with van der Waals surface area (Å²) in [5.74, 6) is 0. The van der Waals surface area contributed by atoms with Crippen molar-refractivity contribution in [3.05, 3.63) is 47.3 Å². The molecule has 0 spiro atoms. The number of hydrogen-bond donors (Lipinski definition) is 1. The number of nitrogens with zero attached hydrogens (tertiary/aromatic N) is 2. The second-order valence-electron chi connectivity index (χ2n) is 5.11. The topological polar surface area (TPSA) is 29.9 Å². The van der Waals surface area contributed by atoms with Gasteiger partial charge in [-0.15, -0.1) is 0 Å². The van der Waals surface area contributed by atoms with Crippen LogP contribution in [-0.2, 0) is 6.54 Å². The van der Waals surface area contributed by atoms with E-state index in [1.54, 1.807) is 0 Å². The van der Waals surface area contributed by atoms with E-state index in [1.807, 2.05) is 17.1 Å². The molecule has 0 fully saturated rings. The number of nitrogens with one attached hydrogen (secondary N) is 1. The highest BCUT2D eigenvalue weighted by Crippen LogP contribution is 2.15. The molecule has 2 rings (SSSR count). The number of aryl methyl sites for hydroxylation is 2. The average molecular weight is 243 g/mol. The molecular formula is C15H21N3. The van der Waals surface area contributed by atoms with Crippen molar-refractivity contribution < 1.29 is 0 Å². The van der Waals surface area contributed by atoms with Gasteiger partial charge in [0, 0.05) is 18.8 Å². The van der Waals surface area contributed by atoms with Gasteiger partial charge in [-0.05, 0) is 42.7 Å². The third-order valence-corrected chi connectivity index (χ3v) is 3.00. The number of aromatic nitrogens is 2. The predicted octanol–water partition coefficient (Wildman–Crippen LogP) is 2.99. The van der Waals surface area contributed by atoms with Crippen LogP contribution in [0.15, 0.2) is 30.6 Å². The molecule has 3 heteroatoms. The summed E-state index contributed by atoms with van der Waals surface area (Å²) in [7, 11) is 0. The molecule has 0 aliphatic carbocycles. The molecule has 0 amide bonds. The second-order valence-corrected chi connectivity index (χ2v) is 5.11. The highest BCUT2D eigenvalue weighted by molar-refractivity contribution is 5.39. The summed E-state index contributed by atoms with van der Waals surface area (Å²) in [6.07, 6.45) is 3.92. The fraction of sp³-hybridized carbons (Fsp3) is 0.400. The quantitative estimate of drug-likeness (QED) is 0.894. The molecule has 1 heterocycles. The monoisotopic (exact) mass is 243 g/mol. The Morgan fingerprint density at radius 2 is 2.06 bits per heavy atom. The van der Waals surface area contributed by atoms with Crippen LogP contribution in [0.1, 0.15) is 30.5 Å². The maximum absolute atomic E-state index is 4.33. The van der Waals surface area contributed by atoms with Gasteiger partial charge in [0.2, 0.25) is 0 Å². The summed E-state index contributed by atoms with van der Waals surface area (Å²) in [6, 6.07) is 7.00. The van der Waals surface area contributed by atoms with Gasteiger partial charge in [-0.3, -0.25) is 0 Å². The fourth-order valence-corrected chi connectivity index (χ4v) is 1.89. The molecule has 1 aromatic carbocycles. The Morgan fingerprint density at radius 1 is 1.28 bits per heavy atom. The van der Waals surface area contributed by atoms with E-state index in [-0.39, 0.29) is 0 Å². The minimum absolute atomic E-state index is 0.512. The van der Waals surface area contributed by atoms with Crippen LogP contribution < -0.4 is 5.32 Å². The zero-order valence-electron chi connectivity index (χ0n) is 11.6. The normalized spacial score (nSPS) is 11.2. The van der Waals surface area contributed by atoms with Gasteiger partial charge in [0.05, 0.1) is 11.9 Å². The highest BCUT2D eigenvalue weighted by Gasteiger charge is 2.03. The van der Waals surface area contributed by atoms with Crippen molar-refractivity contribution in [2.24, 2.45) is 0 Å². The third-order valence-electron chi connectivity index (χ3n) is 3.00. The van der Waals surface area contributed by atoms with E-state index in [4.69, 9.17) is 0 Å². The van der Waals surface area contributed by atoms with Gasteiger partial charge < -0.3 is 5.32 Å². The Morgan fingerprint density at radius 3 is 2.61 bits per heavy atom. The summed E-state index contributed by atoms with van der Waals surface area (Å²) in [4.78, 5) is 0. The lowest BCUT2D eigenvalue weighted by Gasteiger charge is -2.12. The Kier molecular flexibility index (Phi) is 3.82. The van der Waals surface area contributed by atoms with E-state index in [9.17, 15) is 0 Å². The molecule has 0 saturated carbocycles. The molecule has 96 valence electrons. The molecule has 0 saturated heterocycles. The van der Waals surface area contributed by atoms with Crippen LogP contribution in [0.25, 0.3) is 5.69 Å². The largest absolute Gasteiger partial charge is 0.310 e. The predicted molar refractivity (Wildman–Crippen MR) is 75.0 cm³/mol. The van der Waals surface area contributed by atoms with Crippen molar-refractivity contribution in [2.45, 2.75) is 40.3 Å². The first-order valence-electron chi connectivity index (χ1n) is 6.41. The average Bonchev–Trinajstić information content (AvgIpc) is 2.74. The fourth-order valence-electron chi connectivity index (χ4n) is 1.89. The van der Waals surface area contributed by atoms with Gasteiger partial charge in [-0.1, -0.05) is 19.9 Å². The van der Waals surface area contributed by atoms with Crippen LogP contribution in [0.4, 0.5) is 0 Å². The molecule has 3 nitrogen and oxygen atoms in total. The molecule has 1 N–H and O–H groups in total. The Labute approximate surface area is 109 Å². The summed E-state index contributed by atoms with van der Waals surface area (Å²) in [6.45, 7) is 9.45. The molecule has 0 aliphatic heterocycles. The van der Waals surface area contributed by atoms with Crippen molar-refractivity contribution in [3.63, 3.8) is 0 Å². The van der Waals surface area contributed by atoms with Crippen LogP contribution in [-0.4, -0.2) is 15.8 Å². The van der Waals surface area contributed by atoms with Gasteiger partial charge in [-0.2, -0.15) is 5.10 Å². The summed E-state index contributed by atoms with van der Waals surface area (Å²) >= 11 is 0. The van der Waals surface area contributed by atoms with Gasteiger partial charge >= 0.3 is 0 Å². The van der Waals surface area contributed by atoms with Crippen LogP contribution in [0.5, 0.6) is 0 Å².